The summed E-state index contributed by atoms with van der Waals surface area (Å²) in [5.74, 6) is 1.21. The van der Waals surface area contributed by atoms with Crippen LogP contribution in [0.15, 0.2) is 18.2 Å². The molecule has 0 bridgehead atoms. The van der Waals surface area contributed by atoms with Gasteiger partial charge in [-0.1, -0.05) is 19.3 Å². The quantitative estimate of drug-likeness (QED) is 0.914. The number of likely N-dealkylation sites (tertiary alicyclic amines) is 1. The average Bonchev–Trinajstić information content (AvgIpc) is 2.53. The van der Waals surface area contributed by atoms with Crippen molar-refractivity contribution in [2.24, 2.45) is 5.41 Å². The molecule has 1 aliphatic heterocycles. The van der Waals surface area contributed by atoms with E-state index < -0.39 is 0 Å². The van der Waals surface area contributed by atoms with Gasteiger partial charge in [-0.3, -0.25) is 4.90 Å². The van der Waals surface area contributed by atoms with E-state index in [1.54, 1.807) is 13.2 Å². The van der Waals surface area contributed by atoms with Gasteiger partial charge in [0.15, 0.2) is 0 Å². The third-order valence-electron chi connectivity index (χ3n) is 5.51. The minimum Gasteiger partial charge on any atom is -0.508 e. The maximum absolute atomic E-state index is 10.0. The predicted molar refractivity (Wildman–Crippen MR) is 84.7 cm³/mol. The Balaban J connectivity index is 1.60. The Labute approximate surface area is 127 Å². The largest absolute Gasteiger partial charge is 0.508 e. The van der Waals surface area contributed by atoms with Gasteiger partial charge in [0.25, 0.3) is 0 Å². The second-order valence-electron chi connectivity index (χ2n) is 6.83. The molecule has 3 heteroatoms. The molecule has 1 aromatic rings. The van der Waals surface area contributed by atoms with Crippen LogP contribution in [0, 0.1) is 5.41 Å². The average molecular weight is 289 g/mol. The number of benzene rings is 1. The van der Waals surface area contributed by atoms with Crippen LogP contribution in [0.25, 0.3) is 0 Å². The van der Waals surface area contributed by atoms with E-state index in [9.17, 15) is 5.11 Å². The SMILES string of the molecule is COc1ccc(O)c(CN2CCC3(CCCCC3)CC2)c1. The molecule has 0 amide bonds. The Morgan fingerprint density at radius 1 is 1.10 bits per heavy atom. The van der Waals surface area contributed by atoms with Gasteiger partial charge in [0, 0.05) is 12.1 Å². The Morgan fingerprint density at radius 2 is 1.81 bits per heavy atom. The van der Waals surface area contributed by atoms with Crippen molar-refractivity contribution in [2.45, 2.75) is 51.5 Å². The lowest BCUT2D eigenvalue weighted by atomic mass is 9.68. The van der Waals surface area contributed by atoms with Gasteiger partial charge in [-0.05, 0) is 62.4 Å². The molecule has 1 spiro atoms. The number of methoxy groups -OCH3 is 1. The van der Waals surface area contributed by atoms with Gasteiger partial charge in [-0.2, -0.15) is 0 Å². The standard InChI is InChI=1S/C18H27NO2/c1-21-16-5-6-17(20)15(13-16)14-19-11-9-18(10-12-19)7-3-2-4-8-18/h5-6,13,20H,2-4,7-12,14H2,1H3. The van der Waals surface area contributed by atoms with Crippen molar-refractivity contribution in [1.82, 2.24) is 4.90 Å². The molecule has 21 heavy (non-hydrogen) atoms. The molecule has 1 heterocycles. The van der Waals surface area contributed by atoms with Crippen LogP contribution >= 0.6 is 0 Å². The monoisotopic (exact) mass is 289 g/mol. The Hall–Kier alpha value is -1.22. The number of aromatic hydroxyl groups is 1. The topological polar surface area (TPSA) is 32.7 Å². The fraction of sp³-hybridized carbons (Fsp3) is 0.667. The summed E-state index contributed by atoms with van der Waals surface area (Å²) in [6.07, 6.45) is 9.82. The van der Waals surface area contributed by atoms with Gasteiger partial charge in [0.05, 0.1) is 7.11 Å². The first-order valence-corrected chi connectivity index (χ1v) is 8.29. The first kappa shape index (κ1) is 14.7. The minimum absolute atomic E-state index is 0.383. The molecule has 0 atom stereocenters. The van der Waals surface area contributed by atoms with Crippen LogP contribution in [-0.4, -0.2) is 30.2 Å². The highest BCUT2D eigenvalue weighted by molar-refractivity contribution is 5.39. The zero-order valence-electron chi connectivity index (χ0n) is 13.1. The lowest BCUT2D eigenvalue weighted by molar-refractivity contribution is 0.0637. The molecule has 1 N–H and O–H groups in total. The van der Waals surface area contributed by atoms with Crippen LogP contribution in [0.4, 0.5) is 0 Å². The first-order chi connectivity index (χ1) is 10.2. The van der Waals surface area contributed by atoms with E-state index in [-0.39, 0.29) is 0 Å². The third kappa shape index (κ3) is 3.34. The highest BCUT2D eigenvalue weighted by Gasteiger charge is 2.35. The van der Waals surface area contributed by atoms with Crippen molar-refractivity contribution in [3.63, 3.8) is 0 Å². The van der Waals surface area contributed by atoms with E-state index in [1.807, 2.05) is 12.1 Å². The number of phenols is 1. The Kier molecular flexibility index (Phi) is 4.39. The molecule has 3 rings (SSSR count). The first-order valence-electron chi connectivity index (χ1n) is 8.29. The summed E-state index contributed by atoms with van der Waals surface area (Å²) < 4.78 is 5.26. The summed E-state index contributed by atoms with van der Waals surface area (Å²) in [6, 6.07) is 5.51. The van der Waals surface area contributed by atoms with Gasteiger partial charge in [-0.15, -0.1) is 0 Å². The predicted octanol–water partition coefficient (Wildman–Crippen LogP) is 3.95. The zero-order valence-corrected chi connectivity index (χ0v) is 13.1. The molecule has 1 aliphatic carbocycles. The summed E-state index contributed by atoms with van der Waals surface area (Å²) in [5.41, 5.74) is 1.62. The van der Waals surface area contributed by atoms with Crippen LogP contribution in [0.3, 0.4) is 0 Å². The smallest absolute Gasteiger partial charge is 0.120 e. The number of rotatable bonds is 3. The van der Waals surface area contributed by atoms with Gasteiger partial charge >= 0.3 is 0 Å². The summed E-state index contributed by atoms with van der Waals surface area (Å²) in [5, 5.41) is 10.0. The van der Waals surface area contributed by atoms with Gasteiger partial charge in [0.2, 0.25) is 0 Å². The fourth-order valence-corrected chi connectivity index (χ4v) is 4.04. The van der Waals surface area contributed by atoms with Crippen molar-refractivity contribution >= 4 is 0 Å². The minimum atomic E-state index is 0.383. The Morgan fingerprint density at radius 3 is 2.48 bits per heavy atom. The van der Waals surface area contributed by atoms with Gasteiger partial charge < -0.3 is 9.84 Å². The molecule has 1 saturated heterocycles. The van der Waals surface area contributed by atoms with Crippen molar-refractivity contribution in [1.29, 1.82) is 0 Å². The van der Waals surface area contributed by atoms with E-state index in [1.165, 1.54) is 44.9 Å². The lowest BCUT2D eigenvalue weighted by Gasteiger charge is -2.44. The van der Waals surface area contributed by atoms with E-state index in [4.69, 9.17) is 4.74 Å². The number of piperidine rings is 1. The van der Waals surface area contributed by atoms with Crippen molar-refractivity contribution in [3.05, 3.63) is 23.8 Å². The molecule has 0 unspecified atom stereocenters. The third-order valence-corrected chi connectivity index (χ3v) is 5.51. The Bertz CT molecular complexity index is 470. The number of hydrogen-bond donors (Lipinski definition) is 1. The number of hydrogen-bond acceptors (Lipinski definition) is 3. The van der Waals surface area contributed by atoms with Crippen molar-refractivity contribution < 1.29 is 9.84 Å². The summed E-state index contributed by atoms with van der Waals surface area (Å²) in [6.45, 7) is 3.16. The molecule has 0 radical (unpaired) electrons. The number of phenolic OH excluding ortho intramolecular Hbond substituents is 1. The molecule has 2 fully saturated rings. The molecular weight excluding hydrogens is 262 g/mol. The van der Waals surface area contributed by atoms with Crippen LogP contribution in [0.2, 0.25) is 0 Å². The molecule has 3 nitrogen and oxygen atoms in total. The molecule has 0 aromatic heterocycles. The van der Waals surface area contributed by atoms with E-state index in [0.717, 1.165) is 30.9 Å². The van der Waals surface area contributed by atoms with E-state index in [0.29, 0.717) is 11.2 Å². The maximum Gasteiger partial charge on any atom is 0.120 e. The van der Waals surface area contributed by atoms with Crippen molar-refractivity contribution in [3.8, 4) is 11.5 Å². The van der Waals surface area contributed by atoms with Crippen LogP contribution in [-0.2, 0) is 6.54 Å². The molecule has 1 aromatic carbocycles. The van der Waals surface area contributed by atoms with E-state index >= 15 is 0 Å². The van der Waals surface area contributed by atoms with E-state index in [2.05, 4.69) is 4.90 Å². The van der Waals surface area contributed by atoms with Gasteiger partial charge in [-0.25, -0.2) is 0 Å². The van der Waals surface area contributed by atoms with Crippen LogP contribution in [0.5, 0.6) is 11.5 Å². The van der Waals surface area contributed by atoms with Gasteiger partial charge in [0.1, 0.15) is 11.5 Å². The summed E-state index contributed by atoms with van der Waals surface area (Å²) in [7, 11) is 1.67. The highest BCUT2D eigenvalue weighted by Crippen LogP contribution is 2.44. The molecule has 116 valence electrons. The number of ether oxygens (including phenoxy) is 1. The molecule has 1 saturated carbocycles. The fourth-order valence-electron chi connectivity index (χ4n) is 4.04. The maximum atomic E-state index is 10.0. The summed E-state index contributed by atoms with van der Waals surface area (Å²) in [4.78, 5) is 2.48. The van der Waals surface area contributed by atoms with Crippen molar-refractivity contribution in [2.75, 3.05) is 20.2 Å². The van der Waals surface area contributed by atoms with Crippen LogP contribution < -0.4 is 4.74 Å². The zero-order chi connectivity index (χ0) is 14.7. The van der Waals surface area contributed by atoms with Crippen LogP contribution in [0.1, 0.15) is 50.5 Å². The highest BCUT2D eigenvalue weighted by atomic mass is 16.5. The summed E-state index contributed by atoms with van der Waals surface area (Å²) >= 11 is 0. The normalized spacial score (nSPS) is 22.3. The lowest BCUT2D eigenvalue weighted by Crippen LogP contribution is -2.40. The second-order valence-corrected chi connectivity index (χ2v) is 6.83. The number of nitrogens with zero attached hydrogens (tertiary/aromatic N) is 1. The second kappa shape index (κ2) is 6.27. The molecular formula is C18H27NO2. The molecule has 2 aliphatic rings.